The number of esters is 1. The second-order valence-electron chi connectivity index (χ2n) is 4.49. The van der Waals surface area contributed by atoms with E-state index in [0.717, 1.165) is 18.6 Å². The third-order valence-electron chi connectivity index (χ3n) is 2.59. The van der Waals surface area contributed by atoms with Crippen LogP contribution in [0.15, 0.2) is 24.3 Å². The van der Waals surface area contributed by atoms with E-state index in [1.807, 2.05) is 6.92 Å². The number of amides is 1. The molecule has 0 heterocycles. The second kappa shape index (κ2) is 8.64. The third kappa shape index (κ3) is 6.10. The zero-order chi connectivity index (χ0) is 15.0. The summed E-state index contributed by atoms with van der Waals surface area (Å²) in [5, 5.41) is 2.49. The molecule has 1 unspecified atom stereocenters. The number of unbranched alkanes of at least 4 members (excludes halogenated alkanes) is 1. The fourth-order valence-corrected chi connectivity index (χ4v) is 2.47. The Bertz CT molecular complexity index is 445. The highest BCUT2D eigenvalue weighted by Gasteiger charge is 2.15. The topological polar surface area (TPSA) is 55.4 Å². The first kappa shape index (κ1) is 16.6. The fraction of sp³-hybridized carbons (Fsp3) is 0.467. The van der Waals surface area contributed by atoms with Crippen LogP contribution in [0.1, 0.15) is 33.6 Å². The highest BCUT2D eigenvalue weighted by atomic mass is 32.2. The van der Waals surface area contributed by atoms with E-state index in [-0.39, 0.29) is 17.1 Å². The summed E-state index contributed by atoms with van der Waals surface area (Å²) in [7, 11) is 0. The highest BCUT2D eigenvalue weighted by Crippen LogP contribution is 2.19. The number of benzene rings is 1. The van der Waals surface area contributed by atoms with Crippen LogP contribution in [-0.2, 0) is 9.59 Å². The summed E-state index contributed by atoms with van der Waals surface area (Å²) in [6.07, 6.45) is 2.23. The van der Waals surface area contributed by atoms with Crippen LogP contribution in [0, 0.1) is 0 Å². The Hall–Kier alpha value is -1.49. The highest BCUT2D eigenvalue weighted by molar-refractivity contribution is 8.00. The van der Waals surface area contributed by atoms with Gasteiger partial charge in [0, 0.05) is 12.6 Å². The van der Waals surface area contributed by atoms with Crippen LogP contribution in [0.4, 0.5) is 5.69 Å². The number of rotatable bonds is 7. The van der Waals surface area contributed by atoms with Crippen molar-refractivity contribution in [1.29, 1.82) is 0 Å². The number of carbonyl (C=O) groups is 2. The van der Waals surface area contributed by atoms with E-state index < -0.39 is 0 Å². The number of hydrogen-bond donors (Lipinski definition) is 1. The Labute approximate surface area is 124 Å². The van der Waals surface area contributed by atoms with Gasteiger partial charge in [-0.05, 0) is 43.4 Å². The number of carbonyl (C=O) groups excluding carboxylic acids is 2. The van der Waals surface area contributed by atoms with Crippen LogP contribution in [0.25, 0.3) is 0 Å². The van der Waals surface area contributed by atoms with Gasteiger partial charge >= 0.3 is 5.97 Å². The van der Waals surface area contributed by atoms with Crippen LogP contribution < -0.4 is 10.1 Å². The first-order valence-electron chi connectivity index (χ1n) is 6.74. The van der Waals surface area contributed by atoms with Gasteiger partial charge in [0.25, 0.3) is 0 Å². The van der Waals surface area contributed by atoms with Gasteiger partial charge in [0.1, 0.15) is 11.0 Å². The number of hydrogen-bond acceptors (Lipinski definition) is 4. The lowest BCUT2D eigenvalue weighted by atomic mass is 10.3. The molecule has 20 heavy (non-hydrogen) atoms. The van der Waals surface area contributed by atoms with Gasteiger partial charge in [-0.25, -0.2) is 0 Å². The number of ether oxygens (including phenoxy) is 1. The van der Waals surface area contributed by atoms with Crippen molar-refractivity contribution in [2.24, 2.45) is 0 Å². The molecule has 4 nitrogen and oxygen atoms in total. The molecule has 0 bridgehead atoms. The molecule has 1 aromatic rings. The molecule has 0 aliphatic carbocycles. The SMILES string of the molecule is CCCCSC(C)C(=O)Oc1ccc(NC(C)=O)cc1. The maximum atomic E-state index is 11.9. The summed E-state index contributed by atoms with van der Waals surface area (Å²) < 4.78 is 5.29. The van der Waals surface area contributed by atoms with Crippen LogP contribution in [0.5, 0.6) is 5.75 Å². The van der Waals surface area contributed by atoms with E-state index in [0.29, 0.717) is 11.4 Å². The Morgan fingerprint density at radius 1 is 1.30 bits per heavy atom. The largest absolute Gasteiger partial charge is 0.426 e. The lowest BCUT2D eigenvalue weighted by Crippen LogP contribution is -2.20. The molecule has 0 fully saturated rings. The lowest BCUT2D eigenvalue weighted by Gasteiger charge is -2.11. The Balaban J connectivity index is 2.47. The summed E-state index contributed by atoms with van der Waals surface area (Å²) in [5.74, 6) is 1.09. The van der Waals surface area contributed by atoms with Gasteiger partial charge in [0.05, 0.1) is 0 Å². The van der Waals surface area contributed by atoms with E-state index in [2.05, 4.69) is 12.2 Å². The summed E-state index contributed by atoms with van der Waals surface area (Å²) in [5.41, 5.74) is 0.683. The lowest BCUT2D eigenvalue weighted by molar-refractivity contribution is -0.133. The maximum absolute atomic E-state index is 11.9. The molecule has 1 aromatic carbocycles. The number of nitrogens with one attached hydrogen (secondary N) is 1. The summed E-state index contributed by atoms with van der Waals surface area (Å²) >= 11 is 1.61. The second-order valence-corrected chi connectivity index (χ2v) is 5.94. The van der Waals surface area contributed by atoms with E-state index in [9.17, 15) is 9.59 Å². The molecule has 0 aromatic heterocycles. The van der Waals surface area contributed by atoms with Crippen molar-refractivity contribution >= 4 is 29.3 Å². The Morgan fingerprint density at radius 3 is 2.50 bits per heavy atom. The van der Waals surface area contributed by atoms with E-state index in [4.69, 9.17) is 4.74 Å². The third-order valence-corrected chi connectivity index (χ3v) is 3.81. The van der Waals surface area contributed by atoms with E-state index in [1.165, 1.54) is 6.92 Å². The maximum Gasteiger partial charge on any atom is 0.324 e. The predicted molar refractivity (Wildman–Crippen MR) is 83.2 cm³/mol. The van der Waals surface area contributed by atoms with Crippen LogP contribution in [0.3, 0.4) is 0 Å². The fourth-order valence-electron chi connectivity index (χ4n) is 1.48. The molecule has 0 spiro atoms. The molecular weight excluding hydrogens is 274 g/mol. The van der Waals surface area contributed by atoms with E-state index in [1.54, 1.807) is 36.0 Å². The molecule has 5 heteroatoms. The molecule has 0 saturated carbocycles. The minimum atomic E-state index is -0.238. The van der Waals surface area contributed by atoms with Crippen molar-refractivity contribution in [3.63, 3.8) is 0 Å². The summed E-state index contributed by atoms with van der Waals surface area (Å²) in [4.78, 5) is 22.7. The molecule has 1 N–H and O–H groups in total. The van der Waals surface area contributed by atoms with Crippen molar-refractivity contribution in [3.05, 3.63) is 24.3 Å². The normalized spacial score (nSPS) is 11.8. The molecule has 1 amide bonds. The number of anilines is 1. The zero-order valence-electron chi connectivity index (χ0n) is 12.1. The predicted octanol–water partition coefficient (Wildman–Crippen LogP) is 3.47. The van der Waals surface area contributed by atoms with Gasteiger partial charge in [0.15, 0.2) is 0 Å². The van der Waals surface area contributed by atoms with Crippen molar-refractivity contribution in [1.82, 2.24) is 0 Å². The van der Waals surface area contributed by atoms with Crippen LogP contribution in [0.2, 0.25) is 0 Å². The molecule has 0 aliphatic heterocycles. The smallest absolute Gasteiger partial charge is 0.324 e. The standard InChI is InChI=1S/C15H21NO3S/c1-4-5-10-20-11(2)15(18)19-14-8-6-13(7-9-14)16-12(3)17/h6-9,11H,4-5,10H2,1-3H3,(H,16,17). The average Bonchev–Trinajstić information content (AvgIpc) is 2.40. The minimum Gasteiger partial charge on any atom is -0.426 e. The molecule has 110 valence electrons. The monoisotopic (exact) mass is 295 g/mol. The Kier molecular flexibility index (Phi) is 7.15. The van der Waals surface area contributed by atoms with Gasteiger partial charge in [-0.1, -0.05) is 13.3 Å². The first-order chi connectivity index (χ1) is 9.52. The van der Waals surface area contributed by atoms with Crippen LogP contribution >= 0.6 is 11.8 Å². The molecule has 0 radical (unpaired) electrons. The average molecular weight is 295 g/mol. The van der Waals surface area contributed by atoms with Crippen molar-refractivity contribution in [2.75, 3.05) is 11.1 Å². The van der Waals surface area contributed by atoms with Gasteiger partial charge < -0.3 is 10.1 Å². The molecule has 0 saturated heterocycles. The molecule has 1 rings (SSSR count). The van der Waals surface area contributed by atoms with Crippen LogP contribution in [-0.4, -0.2) is 22.9 Å². The Morgan fingerprint density at radius 2 is 1.95 bits per heavy atom. The summed E-state index contributed by atoms with van der Waals surface area (Å²) in [6.45, 7) is 5.43. The number of thioether (sulfide) groups is 1. The van der Waals surface area contributed by atoms with Crippen molar-refractivity contribution < 1.29 is 14.3 Å². The molecular formula is C15H21NO3S. The molecule has 0 aliphatic rings. The minimum absolute atomic E-state index is 0.129. The molecule has 1 atom stereocenters. The van der Waals surface area contributed by atoms with E-state index >= 15 is 0 Å². The van der Waals surface area contributed by atoms with Crippen molar-refractivity contribution in [2.45, 2.75) is 38.9 Å². The van der Waals surface area contributed by atoms with Gasteiger partial charge in [-0.2, -0.15) is 0 Å². The van der Waals surface area contributed by atoms with Gasteiger partial charge in [-0.3, -0.25) is 9.59 Å². The zero-order valence-corrected chi connectivity index (χ0v) is 13.0. The summed E-state index contributed by atoms with van der Waals surface area (Å²) in [6, 6.07) is 6.76. The van der Waals surface area contributed by atoms with Crippen molar-refractivity contribution in [3.8, 4) is 5.75 Å². The first-order valence-corrected chi connectivity index (χ1v) is 7.78. The quantitative estimate of drug-likeness (QED) is 0.475. The van der Waals surface area contributed by atoms with Gasteiger partial charge in [0.2, 0.25) is 5.91 Å². The van der Waals surface area contributed by atoms with Gasteiger partial charge in [-0.15, -0.1) is 11.8 Å².